The number of nitrogens with two attached hydrogens (primary N) is 1. The summed E-state index contributed by atoms with van der Waals surface area (Å²) < 4.78 is 37.2. The number of nitrogens with one attached hydrogen (secondary N) is 2. The predicted octanol–water partition coefficient (Wildman–Crippen LogP) is 3.09. The van der Waals surface area contributed by atoms with Crippen LogP contribution in [0.3, 0.4) is 0 Å². The van der Waals surface area contributed by atoms with Crippen LogP contribution >= 0.6 is 0 Å². The number of primary amides is 1. The van der Waals surface area contributed by atoms with Gasteiger partial charge < -0.3 is 21.3 Å². The molecule has 4 N–H and O–H groups in total. The van der Waals surface area contributed by atoms with E-state index in [1.165, 1.54) is 35.4 Å². The lowest BCUT2D eigenvalue weighted by Crippen LogP contribution is -2.46. The Balaban J connectivity index is 1.76. The SMILES string of the molecule is C[C@H]1CC[C@H](c2ccc(NCC(F)(F)F)cc2)N(C(=O)C(=O)Nc2ncccc2C(N)=O)C1. The molecule has 11 heteroatoms. The molecule has 1 aromatic heterocycles. The van der Waals surface area contributed by atoms with Crippen molar-refractivity contribution in [1.82, 2.24) is 9.88 Å². The first-order valence-corrected chi connectivity index (χ1v) is 10.3. The number of amides is 3. The highest BCUT2D eigenvalue weighted by Gasteiger charge is 2.34. The summed E-state index contributed by atoms with van der Waals surface area (Å²) in [7, 11) is 0. The summed E-state index contributed by atoms with van der Waals surface area (Å²) in [5.74, 6) is -2.51. The molecule has 1 aromatic carbocycles. The van der Waals surface area contributed by atoms with Crippen molar-refractivity contribution in [2.45, 2.75) is 32.0 Å². The quantitative estimate of drug-likeness (QED) is 0.589. The van der Waals surface area contributed by atoms with Crippen molar-refractivity contribution in [3.63, 3.8) is 0 Å². The van der Waals surface area contributed by atoms with Crippen molar-refractivity contribution in [2.24, 2.45) is 11.7 Å². The summed E-state index contributed by atoms with van der Waals surface area (Å²) in [6.07, 6.45) is -1.58. The Hall–Kier alpha value is -3.63. The Morgan fingerprint density at radius 1 is 1.15 bits per heavy atom. The highest BCUT2D eigenvalue weighted by Crippen LogP contribution is 2.34. The Morgan fingerprint density at radius 3 is 2.48 bits per heavy atom. The number of likely N-dealkylation sites (tertiary alicyclic amines) is 1. The minimum atomic E-state index is -4.34. The van der Waals surface area contributed by atoms with E-state index in [4.69, 9.17) is 5.73 Å². The molecule has 1 aliphatic rings. The Kier molecular flexibility index (Phi) is 7.19. The molecule has 1 saturated heterocycles. The van der Waals surface area contributed by atoms with Gasteiger partial charge in [-0.25, -0.2) is 4.98 Å². The molecular formula is C22H24F3N5O3. The number of benzene rings is 1. The summed E-state index contributed by atoms with van der Waals surface area (Å²) in [6, 6.07) is 8.74. The van der Waals surface area contributed by atoms with E-state index in [1.807, 2.05) is 6.92 Å². The zero-order valence-electron chi connectivity index (χ0n) is 17.9. The molecule has 33 heavy (non-hydrogen) atoms. The molecule has 0 aliphatic carbocycles. The summed E-state index contributed by atoms with van der Waals surface area (Å²) in [5.41, 5.74) is 6.27. The highest BCUT2D eigenvalue weighted by molar-refractivity contribution is 6.39. The van der Waals surface area contributed by atoms with E-state index in [9.17, 15) is 27.6 Å². The number of hydrogen-bond donors (Lipinski definition) is 3. The molecule has 1 aliphatic heterocycles. The van der Waals surface area contributed by atoms with Gasteiger partial charge in [0, 0.05) is 18.4 Å². The van der Waals surface area contributed by atoms with E-state index in [-0.39, 0.29) is 17.3 Å². The molecule has 176 valence electrons. The molecular weight excluding hydrogens is 439 g/mol. The number of carbonyl (C=O) groups excluding carboxylic acids is 3. The predicted molar refractivity (Wildman–Crippen MR) is 115 cm³/mol. The van der Waals surface area contributed by atoms with E-state index in [2.05, 4.69) is 15.6 Å². The lowest BCUT2D eigenvalue weighted by atomic mass is 9.89. The second kappa shape index (κ2) is 9.88. The first-order valence-electron chi connectivity index (χ1n) is 10.3. The average molecular weight is 463 g/mol. The molecule has 8 nitrogen and oxygen atoms in total. The van der Waals surface area contributed by atoms with Gasteiger partial charge in [-0.3, -0.25) is 14.4 Å². The molecule has 2 atom stereocenters. The van der Waals surface area contributed by atoms with Crippen LogP contribution in [-0.2, 0) is 9.59 Å². The summed E-state index contributed by atoms with van der Waals surface area (Å²) in [4.78, 5) is 42.6. The topological polar surface area (TPSA) is 117 Å². The molecule has 2 aromatic rings. The zero-order chi connectivity index (χ0) is 24.2. The van der Waals surface area contributed by atoms with Crippen LogP contribution in [0.25, 0.3) is 0 Å². The number of pyridine rings is 1. The molecule has 2 heterocycles. The van der Waals surface area contributed by atoms with E-state index in [0.717, 1.165) is 6.42 Å². The zero-order valence-corrected chi connectivity index (χ0v) is 17.9. The van der Waals surface area contributed by atoms with Crippen LogP contribution in [0.4, 0.5) is 24.7 Å². The molecule has 0 bridgehead atoms. The maximum Gasteiger partial charge on any atom is 0.405 e. The van der Waals surface area contributed by atoms with E-state index in [0.29, 0.717) is 24.2 Å². The number of anilines is 2. The molecule has 1 fully saturated rings. The van der Waals surface area contributed by atoms with Crippen LogP contribution in [0.15, 0.2) is 42.6 Å². The van der Waals surface area contributed by atoms with Gasteiger partial charge in [0.25, 0.3) is 5.91 Å². The van der Waals surface area contributed by atoms with Crippen molar-refractivity contribution in [2.75, 3.05) is 23.7 Å². The largest absolute Gasteiger partial charge is 0.405 e. The van der Waals surface area contributed by atoms with E-state index < -0.39 is 36.5 Å². The molecule has 0 spiro atoms. The summed E-state index contributed by atoms with van der Waals surface area (Å²) in [5, 5.41) is 4.66. The smallest absolute Gasteiger partial charge is 0.376 e. The first kappa shape index (κ1) is 24.0. The van der Waals surface area contributed by atoms with Gasteiger partial charge in [0.05, 0.1) is 11.6 Å². The monoisotopic (exact) mass is 463 g/mol. The number of piperidine rings is 1. The van der Waals surface area contributed by atoms with Crippen molar-refractivity contribution in [3.05, 3.63) is 53.7 Å². The van der Waals surface area contributed by atoms with Crippen molar-refractivity contribution >= 4 is 29.2 Å². The minimum absolute atomic E-state index is 0.0239. The van der Waals surface area contributed by atoms with Crippen molar-refractivity contribution < 1.29 is 27.6 Å². The Morgan fingerprint density at radius 2 is 1.85 bits per heavy atom. The van der Waals surface area contributed by atoms with Gasteiger partial charge in [-0.05, 0) is 48.6 Å². The number of hydrogen-bond acceptors (Lipinski definition) is 5. The third-order valence-electron chi connectivity index (χ3n) is 5.37. The van der Waals surface area contributed by atoms with Gasteiger partial charge in [0.15, 0.2) is 0 Å². The number of aromatic nitrogens is 1. The van der Waals surface area contributed by atoms with Crippen LogP contribution in [0.1, 0.15) is 41.7 Å². The lowest BCUT2D eigenvalue weighted by Gasteiger charge is -2.38. The second-order valence-electron chi connectivity index (χ2n) is 7.96. The van der Waals surface area contributed by atoms with Crippen molar-refractivity contribution in [1.29, 1.82) is 0 Å². The highest BCUT2D eigenvalue weighted by atomic mass is 19.4. The first-order chi connectivity index (χ1) is 15.5. The fourth-order valence-corrected chi connectivity index (χ4v) is 3.74. The Bertz CT molecular complexity index is 1030. The molecule has 0 unspecified atom stereocenters. The average Bonchev–Trinajstić information content (AvgIpc) is 2.77. The molecule has 3 amide bonds. The van der Waals surface area contributed by atoms with Crippen molar-refractivity contribution in [3.8, 4) is 0 Å². The number of carbonyl (C=O) groups is 3. The normalized spacial score (nSPS) is 18.5. The number of nitrogens with zero attached hydrogens (tertiary/aromatic N) is 2. The fraction of sp³-hybridized carbons (Fsp3) is 0.364. The van der Waals surface area contributed by atoms with Crippen LogP contribution in [0.5, 0.6) is 0 Å². The minimum Gasteiger partial charge on any atom is -0.376 e. The molecule has 0 radical (unpaired) electrons. The maximum atomic E-state index is 13.0. The van der Waals surface area contributed by atoms with Gasteiger partial charge in [0.1, 0.15) is 12.4 Å². The molecule has 3 rings (SSSR count). The van der Waals surface area contributed by atoms with Crippen LogP contribution in [0, 0.1) is 5.92 Å². The number of rotatable bonds is 5. The van der Waals surface area contributed by atoms with Gasteiger partial charge in [0.2, 0.25) is 0 Å². The van der Waals surface area contributed by atoms with Gasteiger partial charge in [-0.1, -0.05) is 19.1 Å². The second-order valence-corrected chi connectivity index (χ2v) is 7.96. The van der Waals surface area contributed by atoms with Gasteiger partial charge >= 0.3 is 18.0 Å². The third-order valence-corrected chi connectivity index (χ3v) is 5.37. The lowest BCUT2D eigenvalue weighted by molar-refractivity contribution is -0.146. The Labute approximate surface area is 188 Å². The summed E-state index contributed by atoms with van der Waals surface area (Å²) >= 11 is 0. The third kappa shape index (κ3) is 6.21. The molecule has 0 saturated carbocycles. The van der Waals surface area contributed by atoms with E-state index in [1.54, 1.807) is 12.1 Å². The number of halogens is 3. The maximum absolute atomic E-state index is 13.0. The standard InChI is InChI=1S/C22H24F3N5O3/c1-13-4-9-17(14-5-7-15(8-6-14)28-12-22(23,24)25)30(11-13)21(33)20(32)29-19-16(18(26)31)3-2-10-27-19/h2-3,5-8,10,13,17,28H,4,9,11-12H2,1H3,(H2,26,31)(H,27,29,32)/t13-,17+/m0/s1. The fourth-order valence-electron chi connectivity index (χ4n) is 3.74. The van der Waals surface area contributed by atoms with Gasteiger partial charge in [-0.2, -0.15) is 13.2 Å². The van der Waals surface area contributed by atoms with Gasteiger partial charge in [-0.15, -0.1) is 0 Å². The number of alkyl halides is 3. The van der Waals surface area contributed by atoms with Crippen LogP contribution in [-0.4, -0.2) is 46.9 Å². The van der Waals surface area contributed by atoms with Crippen LogP contribution in [0.2, 0.25) is 0 Å². The van der Waals surface area contributed by atoms with Crippen LogP contribution < -0.4 is 16.4 Å². The van der Waals surface area contributed by atoms with E-state index >= 15 is 0 Å². The summed E-state index contributed by atoms with van der Waals surface area (Å²) in [6.45, 7) is 1.14.